The van der Waals surface area contributed by atoms with E-state index in [9.17, 15) is 0 Å². The van der Waals surface area contributed by atoms with Gasteiger partial charge in [-0.15, -0.1) is 21.5 Å². The highest BCUT2D eigenvalue weighted by Gasteiger charge is 2.15. The van der Waals surface area contributed by atoms with Crippen molar-refractivity contribution in [3.8, 4) is 0 Å². The van der Waals surface area contributed by atoms with Crippen LogP contribution in [0.1, 0.15) is 11.4 Å². The molecule has 0 aliphatic carbocycles. The summed E-state index contributed by atoms with van der Waals surface area (Å²) in [5.74, 6) is 0. The van der Waals surface area contributed by atoms with Crippen molar-refractivity contribution in [3.05, 3.63) is 34.8 Å². The minimum absolute atomic E-state index is 0.851. The Morgan fingerprint density at radius 3 is 3.18 bits per heavy atom. The molecule has 4 nitrogen and oxygen atoms in total. The summed E-state index contributed by atoms with van der Waals surface area (Å²) in [7, 11) is 0. The summed E-state index contributed by atoms with van der Waals surface area (Å²) in [4.78, 5) is 2.37. The van der Waals surface area contributed by atoms with Gasteiger partial charge in [-0.25, -0.2) is 0 Å². The number of fused-ring (bicyclic) bond motifs is 1. The molecule has 0 unspecified atom stereocenters. The second kappa shape index (κ2) is 4.71. The zero-order chi connectivity index (χ0) is 11.5. The Bertz CT molecular complexity index is 483. The van der Waals surface area contributed by atoms with Gasteiger partial charge >= 0.3 is 0 Å². The van der Waals surface area contributed by atoms with Crippen LogP contribution in [0.25, 0.3) is 0 Å². The normalized spacial score (nSPS) is 14.9. The molecule has 2 heterocycles. The molecule has 0 amide bonds. The summed E-state index contributed by atoms with van der Waals surface area (Å²) < 4.78 is 0. The van der Waals surface area contributed by atoms with E-state index in [0.29, 0.717) is 0 Å². The highest BCUT2D eigenvalue weighted by atomic mass is 32.1. The van der Waals surface area contributed by atoms with Crippen molar-refractivity contribution in [3.63, 3.8) is 0 Å². The molecular weight excluding hydrogens is 232 g/mol. The van der Waals surface area contributed by atoms with Gasteiger partial charge in [0.05, 0.1) is 17.9 Å². The maximum Gasteiger partial charge on any atom is 0.136 e. The standard InChI is InChI=1S/C12H14N4S/c1-2-5-11-10(4-1)13-6-3-7-16(11)8-12-15-14-9-17-12/h1-2,4-5,9,13H,3,6-8H2. The van der Waals surface area contributed by atoms with Crippen molar-refractivity contribution in [2.24, 2.45) is 0 Å². The van der Waals surface area contributed by atoms with Crippen LogP contribution in [-0.4, -0.2) is 23.3 Å². The van der Waals surface area contributed by atoms with Gasteiger partial charge in [0.2, 0.25) is 0 Å². The topological polar surface area (TPSA) is 41.0 Å². The summed E-state index contributed by atoms with van der Waals surface area (Å²) >= 11 is 1.61. The zero-order valence-electron chi connectivity index (χ0n) is 9.47. The summed E-state index contributed by atoms with van der Waals surface area (Å²) in [6.07, 6.45) is 1.15. The second-order valence-electron chi connectivity index (χ2n) is 4.05. The number of para-hydroxylation sites is 2. The minimum Gasteiger partial charge on any atom is -0.383 e. The van der Waals surface area contributed by atoms with Crippen molar-refractivity contribution >= 4 is 22.7 Å². The summed E-state index contributed by atoms with van der Waals surface area (Å²) in [5, 5.41) is 12.5. The van der Waals surface area contributed by atoms with E-state index in [-0.39, 0.29) is 0 Å². The molecule has 0 bridgehead atoms. The van der Waals surface area contributed by atoms with Gasteiger partial charge in [0.25, 0.3) is 0 Å². The Morgan fingerprint density at radius 1 is 1.35 bits per heavy atom. The predicted octanol–water partition coefficient (Wildman–Crippen LogP) is 2.36. The first kappa shape index (κ1) is 10.5. The lowest BCUT2D eigenvalue weighted by Gasteiger charge is -2.22. The van der Waals surface area contributed by atoms with Crippen LogP contribution in [0.4, 0.5) is 11.4 Å². The van der Waals surface area contributed by atoms with Crippen LogP contribution in [0.15, 0.2) is 29.8 Å². The van der Waals surface area contributed by atoms with Crippen LogP contribution in [0.3, 0.4) is 0 Å². The van der Waals surface area contributed by atoms with Crippen LogP contribution in [0, 0.1) is 0 Å². The molecule has 0 radical (unpaired) electrons. The second-order valence-corrected chi connectivity index (χ2v) is 4.97. The van der Waals surface area contributed by atoms with Gasteiger partial charge in [0.1, 0.15) is 10.5 Å². The molecule has 88 valence electrons. The number of rotatable bonds is 2. The fourth-order valence-electron chi connectivity index (χ4n) is 2.10. The minimum atomic E-state index is 0.851. The molecule has 3 rings (SSSR count). The van der Waals surface area contributed by atoms with Crippen molar-refractivity contribution < 1.29 is 0 Å². The smallest absolute Gasteiger partial charge is 0.136 e. The number of aromatic nitrogens is 2. The van der Waals surface area contributed by atoms with Crippen LogP contribution in [-0.2, 0) is 6.54 Å². The van der Waals surface area contributed by atoms with Gasteiger partial charge in [0.15, 0.2) is 0 Å². The third kappa shape index (κ3) is 2.24. The van der Waals surface area contributed by atoms with E-state index in [1.165, 1.54) is 11.4 Å². The molecule has 0 spiro atoms. The van der Waals surface area contributed by atoms with Crippen molar-refractivity contribution in [1.82, 2.24) is 10.2 Å². The van der Waals surface area contributed by atoms with Gasteiger partial charge in [-0.3, -0.25) is 0 Å². The van der Waals surface area contributed by atoms with E-state index in [1.807, 2.05) is 0 Å². The molecule has 1 aliphatic rings. The van der Waals surface area contributed by atoms with Crippen LogP contribution >= 0.6 is 11.3 Å². The highest BCUT2D eigenvalue weighted by Crippen LogP contribution is 2.29. The van der Waals surface area contributed by atoms with Gasteiger partial charge < -0.3 is 10.2 Å². The van der Waals surface area contributed by atoms with E-state index >= 15 is 0 Å². The largest absolute Gasteiger partial charge is 0.383 e. The van der Waals surface area contributed by atoms with Gasteiger partial charge in [-0.2, -0.15) is 0 Å². The molecule has 0 atom stereocenters. The molecule has 5 heteroatoms. The average molecular weight is 246 g/mol. The van der Waals surface area contributed by atoms with Gasteiger partial charge in [-0.1, -0.05) is 12.1 Å². The third-order valence-corrected chi connectivity index (χ3v) is 3.58. The molecule has 0 fully saturated rings. The fraction of sp³-hybridized carbons (Fsp3) is 0.333. The van der Waals surface area contributed by atoms with Gasteiger partial charge in [-0.05, 0) is 18.6 Å². The highest BCUT2D eigenvalue weighted by molar-refractivity contribution is 7.09. The van der Waals surface area contributed by atoms with Crippen LogP contribution < -0.4 is 10.2 Å². The number of nitrogens with one attached hydrogen (secondary N) is 1. The molecule has 0 saturated heterocycles. The Morgan fingerprint density at radius 2 is 2.29 bits per heavy atom. The molecule has 0 saturated carbocycles. The fourth-order valence-corrected chi connectivity index (χ4v) is 2.65. The van der Waals surface area contributed by atoms with E-state index in [1.54, 1.807) is 16.8 Å². The first-order valence-corrected chi connectivity index (χ1v) is 6.64. The lowest BCUT2D eigenvalue weighted by atomic mass is 10.2. The van der Waals surface area contributed by atoms with E-state index in [2.05, 4.69) is 44.7 Å². The quantitative estimate of drug-likeness (QED) is 0.883. The summed E-state index contributed by atoms with van der Waals surface area (Å²) in [5.41, 5.74) is 4.27. The Balaban J connectivity index is 1.89. The summed E-state index contributed by atoms with van der Waals surface area (Å²) in [6.45, 7) is 2.94. The van der Waals surface area contributed by atoms with E-state index < -0.39 is 0 Å². The number of hydrogen-bond donors (Lipinski definition) is 1. The molecule has 1 aliphatic heterocycles. The van der Waals surface area contributed by atoms with E-state index in [0.717, 1.165) is 31.1 Å². The molecule has 1 N–H and O–H groups in total. The van der Waals surface area contributed by atoms with Crippen LogP contribution in [0.2, 0.25) is 0 Å². The molecular formula is C12H14N4S. The van der Waals surface area contributed by atoms with Gasteiger partial charge in [0, 0.05) is 13.1 Å². The Kier molecular flexibility index (Phi) is 2.92. The van der Waals surface area contributed by atoms with E-state index in [4.69, 9.17) is 0 Å². The van der Waals surface area contributed by atoms with Crippen molar-refractivity contribution in [2.75, 3.05) is 23.3 Å². The monoisotopic (exact) mass is 246 g/mol. The Labute approximate surface area is 104 Å². The number of anilines is 2. The maximum atomic E-state index is 4.12. The van der Waals surface area contributed by atoms with Crippen LogP contribution in [0.5, 0.6) is 0 Å². The Hall–Kier alpha value is -1.62. The SMILES string of the molecule is c1ccc2c(c1)NCCCN2Cc1nncs1. The summed E-state index contributed by atoms with van der Waals surface area (Å²) in [6, 6.07) is 8.45. The predicted molar refractivity (Wildman–Crippen MR) is 70.5 cm³/mol. The number of hydrogen-bond acceptors (Lipinski definition) is 5. The molecule has 2 aromatic rings. The first-order chi connectivity index (χ1) is 8.43. The first-order valence-electron chi connectivity index (χ1n) is 5.76. The number of benzene rings is 1. The maximum absolute atomic E-state index is 4.12. The average Bonchev–Trinajstić information content (AvgIpc) is 2.78. The lowest BCUT2D eigenvalue weighted by molar-refractivity contribution is 0.754. The van der Waals surface area contributed by atoms with Crippen molar-refractivity contribution in [2.45, 2.75) is 13.0 Å². The molecule has 1 aromatic carbocycles. The number of nitrogens with zero attached hydrogens (tertiary/aromatic N) is 3. The lowest BCUT2D eigenvalue weighted by Crippen LogP contribution is -2.23. The van der Waals surface area contributed by atoms with Crippen molar-refractivity contribution in [1.29, 1.82) is 0 Å². The molecule has 1 aromatic heterocycles. The molecule has 17 heavy (non-hydrogen) atoms. The zero-order valence-corrected chi connectivity index (χ0v) is 10.3. The third-order valence-electron chi connectivity index (χ3n) is 2.90.